The molecule has 1 rings (SSSR count). The first-order valence-corrected chi connectivity index (χ1v) is 10.5. The van der Waals surface area contributed by atoms with Gasteiger partial charge in [-0.3, -0.25) is 4.79 Å². The van der Waals surface area contributed by atoms with E-state index in [4.69, 9.17) is 13.9 Å². The number of carbonyl (C=O) groups is 2. The first-order chi connectivity index (χ1) is 10.0. The lowest BCUT2D eigenvalue weighted by molar-refractivity contribution is -0.146. The number of hydrogen-bond acceptors (Lipinski definition) is 5. The van der Waals surface area contributed by atoms with Gasteiger partial charge in [0, 0.05) is 6.42 Å². The number of allylic oxidation sites excluding steroid dienone is 1. The van der Waals surface area contributed by atoms with Gasteiger partial charge in [-0.05, 0) is 31.0 Å². The number of methoxy groups -OCH3 is 2. The molecule has 0 aromatic heterocycles. The molecule has 22 heavy (non-hydrogen) atoms. The van der Waals surface area contributed by atoms with Gasteiger partial charge in [0.05, 0.1) is 31.5 Å². The second-order valence-electron chi connectivity index (χ2n) is 7.22. The summed E-state index contributed by atoms with van der Waals surface area (Å²) < 4.78 is 16.0. The Morgan fingerprint density at radius 2 is 1.73 bits per heavy atom. The molecule has 0 aliphatic heterocycles. The van der Waals surface area contributed by atoms with Crippen LogP contribution in [0.5, 0.6) is 0 Å². The Balaban J connectivity index is 3.09. The molecule has 0 fully saturated rings. The maximum atomic E-state index is 12.1. The Hall–Kier alpha value is -1.30. The fraction of sp³-hybridized carbons (Fsp3) is 0.750. The molecule has 1 unspecified atom stereocenters. The minimum atomic E-state index is -2.03. The highest BCUT2D eigenvalue weighted by Gasteiger charge is 2.41. The van der Waals surface area contributed by atoms with Crippen molar-refractivity contribution in [2.24, 2.45) is 5.92 Å². The molecule has 0 saturated carbocycles. The molecule has 0 bridgehead atoms. The summed E-state index contributed by atoms with van der Waals surface area (Å²) in [6.07, 6.45) is 1.52. The van der Waals surface area contributed by atoms with E-state index >= 15 is 0 Å². The molecule has 0 spiro atoms. The predicted molar refractivity (Wildman–Crippen MR) is 86.7 cm³/mol. The van der Waals surface area contributed by atoms with Crippen LogP contribution in [0.15, 0.2) is 11.3 Å². The van der Waals surface area contributed by atoms with Gasteiger partial charge in [0.15, 0.2) is 0 Å². The Labute approximate surface area is 134 Å². The van der Waals surface area contributed by atoms with Crippen molar-refractivity contribution in [2.75, 3.05) is 14.2 Å². The van der Waals surface area contributed by atoms with Crippen molar-refractivity contribution in [3.05, 3.63) is 11.3 Å². The standard InChI is InChI=1S/C16H28O5Si/c1-16(2,3)22(6,7)21-13-9-8-11(14(17)19-4)10-12(13)15(18)20-5/h11H,8-10H2,1-7H3. The van der Waals surface area contributed by atoms with Gasteiger partial charge in [-0.15, -0.1) is 0 Å². The van der Waals surface area contributed by atoms with Crippen LogP contribution in [0.25, 0.3) is 0 Å². The molecular weight excluding hydrogens is 300 g/mol. The SMILES string of the molecule is COC(=O)C1=C(O[Si](C)(C)C(C)(C)C)CCC(C(=O)OC)C1. The number of hydrogen-bond donors (Lipinski definition) is 0. The minimum Gasteiger partial charge on any atom is -0.546 e. The number of esters is 2. The van der Waals surface area contributed by atoms with Crippen LogP contribution >= 0.6 is 0 Å². The predicted octanol–water partition coefficient (Wildman–Crippen LogP) is 3.41. The van der Waals surface area contributed by atoms with E-state index < -0.39 is 14.3 Å². The maximum Gasteiger partial charge on any atom is 0.337 e. The lowest BCUT2D eigenvalue weighted by atomic mass is 9.87. The molecule has 126 valence electrons. The van der Waals surface area contributed by atoms with Crippen LogP contribution in [0.3, 0.4) is 0 Å². The Morgan fingerprint density at radius 1 is 1.14 bits per heavy atom. The molecule has 0 aromatic rings. The van der Waals surface area contributed by atoms with E-state index in [1.165, 1.54) is 14.2 Å². The summed E-state index contributed by atoms with van der Waals surface area (Å²) in [5.74, 6) is -0.306. The van der Waals surface area contributed by atoms with E-state index in [0.29, 0.717) is 30.6 Å². The normalized spacial score (nSPS) is 19.7. The van der Waals surface area contributed by atoms with Crippen molar-refractivity contribution in [2.45, 2.75) is 58.2 Å². The molecule has 0 saturated heterocycles. The summed E-state index contributed by atoms with van der Waals surface area (Å²) in [4.78, 5) is 23.8. The van der Waals surface area contributed by atoms with Gasteiger partial charge in [0.2, 0.25) is 8.32 Å². The second kappa shape index (κ2) is 6.85. The maximum absolute atomic E-state index is 12.1. The molecule has 0 radical (unpaired) electrons. The zero-order valence-electron chi connectivity index (χ0n) is 14.7. The van der Waals surface area contributed by atoms with Crippen molar-refractivity contribution >= 4 is 20.3 Å². The monoisotopic (exact) mass is 328 g/mol. The fourth-order valence-corrected chi connectivity index (χ4v) is 3.33. The fourth-order valence-electron chi connectivity index (χ4n) is 2.18. The summed E-state index contributed by atoms with van der Waals surface area (Å²) in [5.41, 5.74) is 0.481. The Morgan fingerprint density at radius 3 is 2.18 bits per heavy atom. The van der Waals surface area contributed by atoms with Crippen LogP contribution in [0.4, 0.5) is 0 Å². The molecule has 0 N–H and O–H groups in total. The van der Waals surface area contributed by atoms with E-state index in [1.54, 1.807) is 0 Å². The van der Waals surface area contributed by atoms with Crippen molar-refractivity contribution in [3.63, 3.8) is 0 Å². The van der Waals surface area contributed by atoms with Gasteiger partial charge >= 0.3 is 11.9 Å². The third-order valence-corrected chi connectivity index (χ3v) is 9.03. The number of ether oxygens (including phenoxy) is 2. The van der Waals surface area contributed by atoms with E-state index in [9.17, 15) is 9.59 Å². The van der Waals surface area contributed by atoms with E-state index in [2.05, 4.69) is 33.9 Å². The third kappa shape index (κ3) is 4.12. The highest BCUT2D eigenvalue weighted by Crippen LogP contribution is 2.41. The quantitative estimate of drug-likeness (QED) is 0.584. The molecule has 0 amide bonds. The van der Waals surface area contributed by atoms with E-state index in [1.807, 2.05) is 0 Å². The number of carbonyl (C=O) groups excluding carboxylic acids is 2. The van der Waals surface area contributed by atoms with Crippen LogP contribution < -0.4 is 0 Å². The molecule has 0 heterocycles. The first-order valence-electron chi connectivity index (χ1n) is 7.60. The molecule has 1 atom stereocenters. The van der Waals surface area contributed by atoms with E-state index in [-0.39, 0.29) is 16.9 Å². The lowest BCUT2D eigenvalue weighted by Crippen LogP contribution is -2.41. The average Bonchev–Trinajstić information content (AvgIpc) is 2.44. The van der Waals surface area contributed by atoms with Crippen molar-refractivity contribution in [3.8, 4) is 0 Å². The van der Waals surface area contributed by atoms with Crippen LogP contribution in [0, 0.1) is 5.92 Å². The van der Waals surface area contributed by atoms with Crippen LogP contribution in [0.2, 0.25) is 18.1 Å². The highest BCUT2D eigenvalue weighted by molar-refractivity contribution is 6.74. The van der Waals surface area contributed by atoms with Crippen molar-refractivity contribution in [1.29, 1.82) is 0 Å². The zero-order valence-corrected chi connectivity index (χ0v) is 15.7. The minimum absolute atomic E-state index is 0.0421. The molecule has 5 nitrogen and oxygen atoms in total. The summed E-state index contributed by atoms with van der Waals surface area (Å²) in [6.45, 7) is 10.7. The van der Waals surface area contributed by atoms with Gasteiger partial charge in [0.1, 0.15) is 0 Å². The first kappa shape index (κ1) is 18.7. The molecule has 1 aliphatic rings. The second-order valence-corrected chi connectivity index (χ2v) is 11.9. The molecular formula is C16H28O5Si. The van der Waals surface area contributed by atoms with Crippen LogP contribution in [-0.2, 0) is 23.5 Å². The van der Waals surface area contributed by atoms with Gasteiger partial charge < -0.3 is 13.9 Å². The Bertz CT molecular complexity index is 473. The van der Waals surface area contributed by atoms with Gasteiger partial charge in [0.25, 0.3) is 0 Å². The van der Waals surface area contributed by atoms with Gasteiger partial charge in [-0.25, -0.2) is 4.79 Å². The molecule has 0 aromatic carbocycles. The van der Waals surface area contributed by atoms with Gasteiger partial charge in [-0.2, -0.15) is 0 Å². The van der Waals surface area contributed by atoms with Crippen LogP contribution in [0.1, 0.15) is 40.0 Å². The average molecular weight is 328 g/mol. The van der Waals surface area contributed by atoms with Crippen molar-refractivity contribution < 1.29 is 23.5 Å². The summed E-state index contributed by atoms with van der Waals surface area (Å²) >= 11 is 0. The summed E-state index contributed by atoms with van der Waals surface area (Å²) in [7, 11) is 0.683. The summed E-state index contributed by atoms with van der Waals surface area (Å²) in [5, 5.41) is 0.0421. The topological polar surface area (TPSA) is 61.8 Å². The van der Waals surface area contributed by atoms with Crippen LogP contribution in [-0.4, -0.2) is 34.5 Å². The Kier molecular flexibility index (Phi) is 5.84. The largest absolute Gasteiger partial charge is 0.546 e. The zero-order chi connectivity index (χ0) is 17.1. The summed E-state index contributed by atoms with van der Waals surface area (Å²) in [6, 6.07) is 0. The molecule has 1 aliphatic carbocycles. The van der Waals surface area contributed by atoms with Gasteiger partial charge in [-0.1, -0.05) is 20.8 Å². The van der Waals surface area contributed by atoms with Crippen molar-refractivity contribution in [1.82, 2.24) is 0 Å². The number of rotatable bonds is 4. The van der Waals surface area contributed by atoms with E-state index in [0.717, 1.165) is 0 Å². The smallest absolute Gasteiger partial charge is 0.337 e. The lowest BCUT2D eigenvalue weighted by Gasteiger charge is -2.39. The third-order valence-electron chi connectivity index (χ3n) is 4.66. The highest BCUT2D eigenvalue weighted by atomic mass is 28.4. The molecule has 6 heteroatoms.